The molecule has 0 aromatic heterocycles. The van der Waals surface area contributed by atoms with Gasteiger partial charge in [-0.25, -0.2) is 0 Å². The molecule has 0 spiro atoms. The molecule has 0 unspecified atom stereocenters. The van der Waals surface area contributed by atoms with Crippen LogP contribution < -0.4 is 15.2 Å². The standard InChI is InChI=1S/C17H19NO2S/c1-12-3-8-16(13(2)11-12)20-10-9-19-15-6-4-14(5-7-15)17(18)21/h3-8,11H,9-10H2,1-2H3,(H2,18,21). The molecule has 3 nitrogen and oxygen atoms in total. The molecular weight excluding hydrogens is 282 g/mol. The maximum absolute atomic E-state index is 5.71. The Morgan fingerprint density at radius 2 is 1.67 bits per heavy atom. The SMILES string of the molecule is Cc1ccc(OCCOc2ccc(C(N)=S)cc2)c(C)c1. The number of hydrogen-bond donors (Lipinski definition) is 1. The van der Waals surface area contributed by atoms with Gasteiger partial charge in [0.25, 0.3) is 0 Å². The van der Waals surface area contributed by atoms with Crippen LogP contribution in [0.3, 0.4) is 0 Å². The van der Waals surface area contributed by atoms with Crippen molar-refractivity contribution in [1.29, 1.82) is 0 Å². The van der Waals surface area contributed by atoms with Gasteiger partial charge in [0, 0.05) is 5.56 Å². The van der Waals surface area contributed by atoms with Crippen LogP contribution in [0.5, 0.6) is 11.5 Å². The topological polar surface area (TPSA) is 44.5 Å². The zero-order valence-corrected chi connectivity index (χ0v) is 13.1. The first kappa shape index (κ1) is 15.3. The molecule has 0 heterocycles. The van der Waals surface area contributed by atoms with E-state index >= 15 is 0 Å². The Bertz CT molecular complexity index is 623. The lowest BCUT2D eigenvalue weighted by molar-refractivity contribution is 0.216. The highest BCUT2D eigenvalue weighted by atomic mass is 32.1. The quantitative estimate of drug-likeness (QED) is 0.656. The third-order valence-electron chi connectivity index (χ3n) is 3.08. The van der Waals surface area contributed by atoms with E-state index in [2.05, 4.69) is 13.0 Å². The van der Waals surface area contributed by atoms with Crippen LogP contribution in [0.1, 0.15) is 16.7 Å². The second-order valence-electron chi connectivity index (χ2n) is 4.85. The van der Waals surface area contributed by atoms with E-state index in [0.717, 1.165) is 22.6 Å². The Morgan fingerprint density at radius 1 is 1.00 bits per heavy atom. The van der Waals surface area contributed by atoms with Crippen molar-refractivity contribution in [3.05, 3.63) is 59.2 Å². The molecular formula is C17H19NO2S. The van der Waals surface area contributed by atoms with Crippen LogP contribution in [0.2, 0.25) is 0 Å². The number of ether oxygens (including phenoxy) is 2. The lowest BCUT2D eigenvalue weighted by Gasteiger charge is -2.11. The fourth-order valence-electron chi connectivity index (χ4n) is 1.99. The fraction of sp³-hybridized carbons (Fsp3) is 0.235. The zero-order chi connectivity index (χ0) is 15.2. The second-order valence-corrected chi connectivity index (χ2v) is 5.29. The highest BCUT2D eigenvalue weighted by Gasteiger charge is 2.01. The van der Waals surface area contributed by atoms with E-state index in [1.54, 1.807) is 0 Å². The summed E-state index contributed by atoms with van der Waals surface area (Å²) in [6, 6.07) is 13.5. The summed E-state index contributed by atoms with van der Waals surface area (Å²) in [7, 11) is 0. The first-order valence-electron chi connectivity index (χ1n) is 6.79. The lowest BCUT2D eigenvalue weighted by Crippen LogP contribution is -2.11. The molecule has 0 aliphatic rings. The van der Waals surface area contributed by atoms with Crippen molar-refractivity contribution in [2.24, 2.45) is 5.73 Å². The van der Waals surface area contributed by atoms with Crippen molar-refractivity contribution >= 4 is 17.2 Å². The molecule has 0 saturated heterocycles. The normalized spacial score (nSPS) is 10.2. The first-order chi connectivity index (χ1) is 10.1. The highest BCUT2D eigenvalue weighted by Crippen LogP contribution is 2.18. The minimum absolute atomic E-state index is 0.389. The van der Waals surface area contributed by atoms with E-state index in [-0.39, 0.29) is 0 Å². The maximum Gasteiger partial charge on any atom is 0.122 e. The molecule has 0 aliphatic heterocycles. The van der Waals surface area contributed by atoms with Crippen LogP contribution in [0.15, 0.2) is 42.5 Å². The third kappa shape index (κ3) is 4.46. The van der Waals surface area contributed by atoms with Crippen molar-refractivity contribution < 1.29 is 9.47 Å². The van der Waals surface area contributed by atoms with E-state index in [1.807, 2.05) is 43.3 Å². The van der Waals surface area contributed by atoms with E-state index in [1.165, 1.54) is 5.56 Å². The Hall–Kier alpha value is -2.07. The molecule has 0 aliphatic carbocycles. The van der Waals surface area contributed by atoms with Gasteiger partial charge >= 0.3 is 0 Å². The molecule has 2 rings (SSSR count). The van der Waals surface area contributed by atoms with E-state index in [9.17, 15) is 0 Å². The molecule has 110 valence electrons. The summed E-state index contributed by atoms with van der Waals surface area (Å²) in [4.78, 5) is 0.389. The first-order valence-corrected chi connectivity index (χ1v) is 7.20. The number of benzene rings is 2. The molecule has 0 fully saturated rings. The molecule has 4 heteroatoms. The lowest BCUT2D eigenvalue weighted by atomic mass is 10.1. The number of nitrogens with two attached hydrogens (primary N) is 1. The summed E-state index contributed by atoms with van der Waals surface area (Å²) in [5.41, 5.74) is 8.75. The second kappa shape index (κ2) is 7.09. The summed E-state index contributed by atoms with van der Waals surface area (Å²) < 4.78 is 11.3. The number of hydrogen-bond acceptors (Lipinski definition) is 3. The average Bonchev–Trinajstić information content (AvgIpc) is 2.46. The van der Waals surface area contributed by atoms with Crippen LogP contribution in [-0.2, 0) is 0 Å². The molecule has 21 heavy (non-hydrogen) atoms. The molecule has 2 aromatic carbocycles. The predicted molar refractivity (Wildman–Crippen MR) is 89.2 cm³/mol. The Balaban J connectivity index is 1.80. The average molecular weight is 301 g/mol. The predicted octanol–water partition coefficient (Wildman–Crippen LogP) is 3.40. The van der Waals surface area contributed by atoms with Crippen molar-refractivity contribution in [1.82, 2.24) is 0 Å². The monoisotopic (exact) mass is 301 g/mol. The van der Waals surface area contributed by atoms with E-state index in [4.69, 9.17) is 27.4 Å². The summed E-state index contributed by atoms with van der Waals surface area (Å²) in [5.74, 6) is 1.67. The summed E-state index contributed by atoms with van der Waals surface area (Å²) in [5, 5.41) is 0. The van der Waals surface area contributed by atoms with E-state index < -0.39 is 0 Å². The van der Waals surface area contributed by atoms with Gasteiger partial charge in [0.2, 0.25) is 0 Å². The molecule has 2 aromatic rings. The van der Waals surface area contributed by atoms with Crippen molar-refractivity contribution in [2.75, 3.05) is 13.2 Å². The van der Waals surface area contributed by atoms with Gasteiger partial charge in [-0.05, 0) is 49.7 Å². The summed E-state index contributed by atoms with van der Waals surface area (Å²) >= 11 is 4.90. The highest BCUT2D eigenvalue weighted by molar-refractivity contribution is 7.80. The minimum atomic E-state index is 0.389. The van der Waals surface area contributed by atoms with Crippen LogP contribution >= 0.6 is 12.2 Å². The molecule has 0 radical (unpaired) electrons. The van der Waals surface area contributed by atoms with Crippen LogP contribution in [0.25, 0.3) is 0 Å². The van der Waals surface area contributed by atoms with Gasteiger partial charge in [0.15, 0.2) is 0 Å². The van der Waals surface area contributed by atoms with Crippen LogP contribution in [0.4, 0.5) is 0 Å². The molecule has 0 bridgehead atoms. The van der Waals surface area contributed by atoms with Gasteiger partial charge in [0.05, 0.1) is 0 Å². The fourth-order valence-corrected chi connectivity index (χ4v) is 2.12. The van der Waals surface area contributed by atoms with Crippen molar-refractivity contribution in [3.63, 3.8) is 0 Å². The Labute approximate surface area is 130 Å². The number of thiocarbonyl (C=S) groups is 1. The van der Waals surface area contributed by atoms with Crippen LogP contribution in [0, 0.1) is 13.8 Å². The maximum atomic E-state index is 5.71. The minimum Gasteiger partial charge on any atom is -0.490 e. The number of aryl methyl sites for hydroxylation is 2. The van der Waals surface area contributed by atoms with E-state index in [0.29, 0.717) is 18.2 Å². The van der Waals surface area contributed by atoms with Gasteiger partial charge in [-0.3, -0.25) is 0 Å². The molecule has 0 amide bonds. The number of rotatable bonds is 6. The smallest absolute Gasteiger partial charge is 0.122 e. The van der Waals surface area contributed by atoms with Gasteiger partial charge in [-0.2, -0.15) is 0 Å². The van der Waals surface area contributed by atoms with Gasteiger partial charge in [0.1, 0.15) is 29.7 Å². The van der Waals surface area contributed by atoms with Crippen molar-refractivity contribution in [2.45, 2.75) is 13.8 Å². The van der Waals surface area contributed by atoms with Gasteiger partial charge in [-0.15, -0.1) is 0 Å². The van der Waals surface area contributed by atoms with Crippen molar-refractivity contribution in [3.8, 4) is 11.5 Å². The largest absolute Gasteiger partial charge is 0.490 e. The summed E-state index contributed by atoms with van der Waals surface area (Å²) in [6.45, 7) is 5.09. The zero-order valence-electron chi connectivity index (χ0n) is 12.3. The van der Waals surface area contributed by atoms with Gasteiger partial charge < -0.3 is 15.2 Å². The Kier molecular flexibility index (Phi) is 5.17. The molecule has 2 N–H and O–H groups in total. The Morgan fingerprint density at radius 3 is 2.29 bits per heavy atom. The van der Waals surface area contributed by atoms with Gasteiger partial charge in [-0.1, -0.05) is 29.9 Å². The third-order valence-corrected chi connectivity index (χ3v) is 3.31. The molecule has 0 atom stereocenters. The molecule has 0 saturated carbocycles. The van der Waals surface area contributed by atoms with Crippen LogP contribution in [-0.4, -0.2) is 18.2 Å². The summed E-state index contributed by atoms with van der Waals surface area (Å²) in [6.07, 6.45) is 0.